The van der Waals surface area contributed by atoms with Gasteiger partial charge in [0, 0.05) is 12.2 Å². The minimum absolute atomic E-state index is 0.0185. The summed E-state index contributed by atoms with van der Waals surface area (Å²) in [6.45, 7) is 4.66. The number of rotatable bonds is 7. The number of aromatic nitrogens is 5. The van der Waals surface area contributed by atoms with Crippen LogP contribution >= 0.6 is 0 Å². The second-order valence-corrected chi connectivity index (χ2v) is 5.40. The molecule has 0 saturated heterocycles. The Morgan fingerprint density at radius 3 is 2.62 bits per heavy atom. The first kappa shape index (κ1) is 16.1. The summed E-state index contributed by atoms with van der Waals surface area (Å²) in [5.41, 5.74) is 2.17. The summed E-state index contributed by atoms with van der Waals surface area (Å²) < 4.78 is 1.72. The van der Waals surface area contributed by atoms with Crippen LogP contribution in [0.4, 0.5) is 17.5 Å². The number of benzene rings is 1. The lowest BCUT2D eigenvalue weighted by Crippen LogP contribution is -2.24. The normalized spacial score (nSPS) is 12.3. The largest absolute Gasteiger partial charge is 0.394 e. The summed E-state index contributed by atoms with van der Waals surface area (Å²) in [4.78, 5) is 9.03. The second-order valence-electron chi connectivity index (χ2n) is 5.40. The Hall–Kier alpha value is -2.74. The van der Waals surface area contributed by atoms with Crippen LogP contribution in [0, 0.1) is 0 Å². The molecule has 2 aromatic heterocycles. The maximum absolute atomic E-state index is 9.40. The predicted molar refractivity (Wildman–Crippen MR) is 93.3 cm³/mol. The van der Waals surface area contributed by atoms with Crippen LogP contribution in [0.2, 0.25) is 0 Å². The third kappa shape index (κ3) is 3.28. The number of para-hydroxylation sites is 1. The van der Waals surface area contributed by atoms with E-state index in [1.165, 1.54) is 0 Å². The highest BCUT2D eigenvalue weighted by molar-refractivity contribution is 5.85. The van der Waals surface area contributed by atoms with Crippen LogP contribution in [0.25, 0.3) is 11.2 Å². The maximum Gasteiger partial charge on any atom is 0.227 e. The highest BCUT2D eigenvalue weighted by Gasteiger charge is 2.16. The molecule has 0 amide bonds. The molecule has 8 heteroatoms. The van der Waals surface area contributed by atoms with Gasteiger partial charge in [0.15, 0.2) is 17.0 Å². The van der Waals surface area contributed by atoms with Crippen LogP contribution in [0.3, 0.4) is 0 Å². The zero-order chi connectivity index (χ0) is 16.9. The minimum Gasteiger partial charge on any atom is -0.394 e. The number of hydrogen-bond donors (Lipinski definition) is 3. The quantitative estimate of drug-likeness (QED) is 0.611. The molecule has 1 atom stereocenters. The number of nitrogens with one attached hydrogen (secondary N) is 2. The standard InChI is InChI=1S/C16H21N7O/c1-3-11(10-24)18-16-19-14(17-12-8-6-5-7-9-12)13-15(20-16)23(4-2)22-21-13/h5-9,11,24H,3-4,10H2,1-2H3,(H2,17,18,19,20). The number of aliphatic hydroxyl groups is 1. The molecule has 3 aromatic rings. The molecule has 0 bridgehead atoms. The van der Waals surface area contributed by atoms with Crippen molar-refractivity contribution in [3.63, 3.8) is 0 Å². The molecule has 3 N–H and O–H groups in total. The molecule has 0 spiro atoms. The lowest BCUT2D eigenvalue weighted by Gasteiger charge is -2.15. The van der Waals surface area contributed by atoms with Gasteiger partial charge in [0.1, 0.15) is 0 Å². The Morgan fingerprint density at radius 1 is 1.17 bits per heavy atom. The van der Waals surface area contributed by atoms with Gasteiger partial charge in [-0.25, -0.2) is 4.68 Å². The average molecular weight is 327 g/mol. The Kier molecular flexibility index (Phi) is 4.85. The molecular weight excluding hydrogens is 306 g/mol. The fourth-order valence-electron chi connectivity index (χ4n) is 2.34. The molecule has 2 heterocycles. The monoisotopic (exact) mass is 327 g/mol. The van der Waals surface area contributed by atoms with Crippen LogP contribution in [-0.4, -0.2) is 42.7 Å². The summed E-state index contributed by atoms with van der Waals surface area (Å²) >= 11 is 0. The van der Waals surface area contributed by atoms with Crippen molar-refractivity contribution in [2.45, 2.75) is 32.9 Å². The van der Waals surface area contributed by atoms with E-state index in [0.717, 1.165) is 12.1 Å². The van der Waals surface area contributed by atoms with Gasteiger partial charge < -0.3 is 15.7 Å². The van der Waals surface area contributed by atoms with Crippen molar-refractivity contribution in [1.82, 2.24) is 25.0 Å². The van der Waals surface area contributed by atoms with E-state index in [0.29, 0.717) is 29.5 Å². The number of aliphatic hydroxyl groups excluding tert-OH is 1. The fraction of sp³-hybridized carbons (Fsp3) is 0.375. The van der Waals surface area contributed by atoms with E-state index in [2.05, 4.69) is 30.9 Å². The van der Waals surface area contributed by atoms with E-state index >= 15 is 0 Å². The van der Waals surface area contributed by atoms with Crippen molar-refractivity contribution in [1.29, 1.82) is 0 Å². The van der Waals surface area contributed by atoms with Crippen LogP contribution < -0.4 is 10.6 Å². The number of hydrogen-bond acceptors (Lipinski definition) is 7. The summed E-state index contributed by atoms with van der Waals surface area (Å²) in [6.07, 6.45) is 0.768. The molecule has 24 heavy (non-hydrogen) atoms. The zero-order valence-electron chi connectivity index (χ0n) is 13.8. The molecule has 0 radical (unpaired) electrons. The number of aryl methyl sites for hydroxylation is 1. The van der Waals surface area contributed by atoms with Gasteiger partial charge in [-0.1, -0.05) is 30.3 Å². The van der Waals surface area contributed by atoms with Crippen molar-refractivity contribution < 1.29 is 5.11 Å². The molecule has 0 aliphatic heterocycles. The lowest BCUT2D eigenvalue weighted by atomic mass is 10.2. The smallest absolute Gasteiger partial charge is 0.227 e. The third-order valence-electron chi connectivity index (χ3n) is 3.75. The summed E-state index contributed by atoms with van der Waals surface area (Å²) in [5.74, 6) is 1.03. The van der Waals surface area contributed by atoms with Gasteiger partial charge in [-0.3, -0.25) is 0 Å². The van der Waals surface area contributed by atoms with Crippen molar-refractivity contribution in [3.05, 3.63) is 30.3 Å². The minimum atomic E-state index is -0.0991. The van der Waals surface area contributed by atoms with Crippen LogP contribution in [0.5, 0.6) is 0 Å². The van der Waals surface area contributed by atoms with Gasteiger partial charge in [0.05, 0.1) is 12.6 Å². The highest BCUT2D eigenvalue weighted by Crippen LogP contribution is 2.23. The molecule has 3 rings (SSSR count). The average Bonchev–Trinajstić information content (AvgIpc) is 3.04. The Morgan fingerprint density at radius 2 is 1.96 bits per heavy atom. The van der Waals surface area contributed by atoms with Gasteiger partial charge in [-0.05, 0) is 25.5 Å². The van der Waals surface area contributed by atoms with E-state index in [-0.39, 0.29) is 12.6 Å². The summed E-state index contributed by atoms with van der Waals surface area (Å²) in [7, 11) is 0. The van der Waals surface area contributed by atoms with E-state index < -0.39 is 0 Å². The topological polar surface area (TPSA) is 101 Å². The van der Waals surface area contributed by atoms with Gasteiger partial charge in [0.25, 0.3) is 0 Å². The zero-order valence-corrected chi connectivity index (χ0v) is 13.8. The number of anilines is 3. The molecule has 126 valence electrons. The van der Waals surface area contributed by atoms with E-state index in [9.17, 15) is 5.11 Å². The Labute approximate surface area is 139 Å². The van der Waals surface area contributed by atoms with Gasteiger partial charge in [0.2, 0.25) is 5.95 Å². The molecule has 0 fully saturated rings. The highest BCUT2D eigenvalue weighted by atomic mass is 16.3. The first-order valence-corrected chi connectivity index (χ1v) is 8.05. The van der Waals surface area contributed by atoms with Crippen LogP contribution in [0.15, 0.2) is 30.3 Å². The molecule has 0 aliphatic carbocycles. The maximum atomic E-state index is 9.40. The fourth-order valence-corrected chi connectivity index (χ4v) is 2.34. The van der Waals surface area contributed by atoms with Crippen LogP contribution in [-0.2, 0) is 6.54 Å². The van der Waals surface area contributed by atoms with Gasteiger partial charge >= 0.3 is 0 Å². The van der Waals surface area contributed by atoms with E-state index in [4.69, 9.17) is 0 Å². The summed E-state index contributed by atoms with van der Waals surface area (Å²) in [5, 5.41) is 24.1. The SMILES string of the molecule is CCC(CO)Nc1nc(Nc2ccccc2)c2nnn(CC)c2n1. The first-order valence-electron chi connectivity index (χ1n) is 8.05. The van der Waals surface area contributed by atoms with E-state index in [1.54, 1.807) is 4.68 Å². The molecular formula is C16H21N7O. The second kappa shape index (κ2) is 7.22. The predicted octanol–water partition coefficient (Wildman–Crippen LogP) is 2.17. The van der Waals surface area contributed by atoms with Crippen LogP contribution in [0.1, 0.15) is 20.3 Å². The van der Waals surface area contributed by atoms with Crippen molar-refractivity contribution in [2.24, 2.45) is 0 Å². The molecule has 1 aromatic carbocycles. The van der Waals surface area contributed by atoms with E-state index in [1.807, 2.05) is 44.2 Å². The number of nitrogens with zero attached hydrogens (tertiary/aromatic N) is 5. The molecule has 1 unspecified atom stereocenters. The Bertz CT molecular complexity index is 799. The lowest BCUT2D eigenvalue weighted by molar-refractivity contribution is 0.271. The molecule has 8 nitrogen and oxygen atoms in total. The third-order valence-corrected chi connectivity index (χ3v) is 3.75. The summed E-state index contributed by atoms with van der Waals surface area (Å²) in [6, 6.07) is 9.65. The van der Waals surface area contributed by atoms with Crippen molar-refractivity contribution >= 4 is 28.6 Å². The molecule has 0 aliphatic rings. The van der Waals surface area contributed by atoms with Gasteiger partial charge in [-0.2, -0.15) is 9.97 Å². The van der Waals surface area contributed by atoms with Crippen molar-refractivity contribution in [3.8, 4) is 0 Å². The number of fused-ring (bicyclic) bond motifs is 1. The molecule has 0 saturated carbocycles. The Balaban J connectivity index is 2.03. The first-order chi connectivity index (χ1) is 11.7. The van der Waals surface area contributed by atoms with Gasteiger partial charge in [-0.15, -0.1) is 5.10 Å². The van der Waals surface area contributed by atoms with Crippen molar-refractivity contribution in [2.75, 3.05) is 17.2 Å².